The van der Waals surface area contributed by atoms with Gasteiger partial charge in [0.05, 0.1) is 11.3 Å². The number of hydrogen-bond donors (Lipinski definition) is 1. The Morgan fingerprint density at radius 3 is 2.44 bits per heavy atom. The summed E-state index contributed by atoms with van der Waals surface area (Å²) in [5.74, 6) is 0.147. The van der Waals surface area contributed by atoms with Gasteiger partial charge in [0.2, 0.25) is 5.91 Å². The number of nitrogens with zero attached hydrogens (tertiary/aromatic N) is 5. The summed E-state index contributed by atoms with van der Waals surface area (Å²) in [6.07, 6.45) is 4.08. The van der Waals surface area contributed by atoms with E-state index >= 15 is 0 Å². The number of piperazine rings is 1. The summed E-state index contributed by atoms with van der Waals surface area (Å²) in [4.78, 5) is 20.7. The Hall–Kier alpha value is -3.37. The molecule has 7 heteroatoms. The van der Waals surface area contributed by atoms with E-state index in [2.05, 4.69) is 45.1 Å². The molecule has 1 aromatic carbocycles. The van der Waals surface area contributed by atoms with Crippen LogP contribution in [-0.4, -0.2) is 59.6 Å². The van der Waals surface area contributed by atoms with E-state index in [1.165, 1.54) is 5.69 Å². The van der Waals surface area contributed by atoms with Gasteiger partial charge in [-0.2, -0.15) is 5.26 Å². The van der Waals surface area contributed by atoms with Gasteiger partial charge in [-0.3, -0.25) is 4.79 Å². The van der Waals surface area contributed by atoms with E-state index in [4.69, 9.17) is 4.98 Å². The van der Waals surface area contributed by atoms with Gasteiger partial charge in [-0.25, -0.2) is 4.98 Å². The largest absolute Gasteiger partial charge is 0.368 e. The van der Waals surface area contributed by atoms with Crippen molar-refractivity contribution in [2.75, 3.05) is 38.1 Å². The zero-order valence-electron chi connectivity index (χ0n) is 18.6. The number of nitriles is 1. The molecular weight excluding hydrogens is 400 g/mol. The van der Waals surface area contributed by atoms with Crippen molar-refractivity contribution in [2.24, 2.45) is 0 Å². The zero-order valence-corrected chi connectivity index (χ0v) is 18.6. The van der Waals surface area contributed by atoms with Crippen molar-refractivity contribution in [3.63, 3.8) is 0 Å². The van der Waals surface area contributed by atoms with Gasteiger partial charge in [0.1, 0.15) is 11.7 Å². The Morgan fingerprint density at radius 1 is 1.09 bits per heavy atom. The minimum atomic E-state index is 0.147. The molecule has 32 heavy (non-hydrogen) atoms. The first-order chi connectivity index (χ1) is 15.6. The molecule has 0 unspecified atom stereocenters. The van der Waals surface area contributed by atoms with Crippen molar-refractivity contribution in [3.05, 3.63) is 48.2 Å². The topological polar surface area (TPSA) is 77.2 Å². The summed E-state index contributed by atoms with van der Waals surface area (Å²) in [5.41, 5.74) is 4.72. The van der Waals surface area contributed by atoms with Crippen LogP contribution in [0, 0.1) is 11.3 Å². The second kappa shape index (κ2) is 8.29. The molecule has 7 nitrogen and oxygen atoms in total. The molecule has 0 radical (unpaired) electrons. The Morgan fingerprint density at radius 2 is 1.81 bits per heavy atom. The molecule has 3 aromatic rings. The molecule has 1 N–H and O–H groups in total. The van der Waals surface area contributed by atoms with Crippen LogP contribution in [-0.2, 0) is 4.79 Å². The fourth-order valence-electron chi connectivity index (χ4n) is 4.83. The SMILES string of the molecule is CN[C@H]1C[C@H](n2cc(C#N)c3ccc(-c4ccc(N5CCN(C(C)=O)CC5)cc4)nc32)C1. The standard InChI is InChI=1S/C25H28N6O/c1-17(32)29-9-11-30(12-10-29)21-5-3-18(4-6-21)24-8-7-23-19(15-26)16-31(25(23)28-24)22-13-20(14-22)27-2/h3-8,16,20,22,27H,9-14H2,1-2H3/t20-,22-. The van der Waals surface area contributed by atoms with Gasteiger partial charge in [0.15, 0.2) is 0 Å². The highest BCUT2D eigenvalue weighted by Gasteiger charge is 2.31. The van der Waals surface area contributed by atoms with Crippen LogP contribution >= 0.6 is 0 Å². The lowest BCUT2D eigenvalue weighted by Gasteiger charge is -2.36. The summed E-state index contributed by atoms with van der Waals surface area (Å²) in [5, 5.41) is 13.8. The lowest BCUT2D eigenvalue weighted by molar-refractivity contribution is -0.129. The van der Waals surface area contributed by atoms with Crippen molar-refractivity contribution in [1.29, 1.82) is 5.26 Å². The molecule has 1 aliphatic carbocycles. The highest BCUT2D eigenvalue weighted by atomic mass is 16.2. The number of hydrogen-bond acceptors (Lipinski definition) is 5. The van der Waals surface area contributed by atoms with Crippen molar-refractivity contribution in [1.82, 2.24) is 19.8 Å². The number of amides is 1. The smallest absolute Gasteiger partial charge is 0.219 e. The van der Waals surface area contributed by atoms with E-state index in [-0.39, 0.29) is 5.91 Å². The first-order valence-corrected chi connectivity index (χ1v) is 11.3. The first-order valence-electron chi connectivity index (χ1n) is 11.3. The Balaban J connectivity index is 1.39. The van der Waals surface area contributed by atoms with E-state index in [9.17, 15) is 10.1 Å². The molecule has 1 saturated carbocycles. The maximum Gasteiger partial charge on any atom is 0.219 e. The molecule has 3 heterocycles. The molecule has 0 bridgehead atoms. The third kappa shape index (κ3) is 3.61. The van der Waals surface area contributed by atoms with Crippen molar-refractivity contribution in [3.8, 4) is 17.3 Å². The van der Waals surface area contributed by atoms with Crippen LogP contribution in [0.2, 0.25) is 0 Å². The fourth-order valence-corrected chi connectivity index (χ4v) is 4.83. The number of carbonyl (C=O) groups excluding carboxylic acids is 1. The summed E-state index contributed by atoms with van der Waals surface area (Å²) in [6, 6.07) is 15.8. The van der Waals surface area contributed by atoms with Crippen LogP contribution in [0.3, 0.4) is 0 Å². The van der Waals surface area contributed by atoms with Crippen LogP contribution in [0.15, 0.2) is 42.6 Å². The molecule has 1 amide bonds. The molecule has 1 saturated heterocycles. The average molecular weight is 429 g/mol. The molecule has 0 spiro atoms. The lowest BCUT2D eigenvalue weighted by atomic mass is 9.87. The minimum absolute atomic E-state index is 0.147. The van der Waals surface area contributed by atoms with Gasteiger partial charge >= 0.3 is 0 Å². The van der Waals surface area contributed by atoms with Gasteiger partial charge < -0.3 is 19.7 Å². The highest BCUT2D eigenvalue weighted by Crippen LogP contribution is 2.36. The van der Waals surface area contributed by atoms with Gasteiger partial charge in [0, 0.05) is 68.0 Å². The fraction of sp³-hybridized carbons (Fsp3) is 0.400. The van der Waals surface area contributed by atoms with E-state index in [1.807, 2.05) is 30.3 Å². The molecular formula is C25H28N6O. The molecule has 2 fully saturated rings. The number of pyridine rings is 1. The number of fused-ring (bicyclic) bond motifs is 1. The van der Waals surface area contributed by atoms with Crippen LogP contribution in [0.25, 0.3) is 22.3 Å². The van der Waals surface area contributed by atoms with Crippen LogP contribution in [0.1, 0.15) is 31.4 Å². The molecule has 5 rings (SSSR count). The third-order valence-corrected chi connectivity index (χ3v) is 6.97. The van der Waals surface area contributed by atoms with Gasteiger partial charge in [-0.1, -0.05) is 12.1 Å². The van der Waals surface area contributed by atoms with Crippen molar-refractivity contribution < 1.29 is 4.79 Å². The van der Waals surface area contributed by atoms with E-state index in [0.29, 0.717) is 17.6 Å². The normalized spacial score (nSPS) is 20.8. The molecule has 0 atom stereocenters. The maximum absolute atomic E-state index is 11.6. The van der Waals surface area contributed by atoms with Gasteiger partial charge in [0.25, 0.3) is 0 Å². The maximum atomic E-state index is 11.6. The zero-order chi connectivity index (χ0) is 22.2. The summed E-state index contributed by atoms with van der Waals surface area (Å²) in [7, 11) is 2.00. The molecule has 2 aliphatic rings. The van der Waals surface area contributed by atoms with Crippen molar-refractivity contribution in [2.45, 2.75) is 31.8 Å². The molecule has 2 aromatic heterocycles. The number of carbonyl (C=O) groups is 1. The lowest BCUT2D eigenvalue weighted by Crippen LogP contribution is -2.48. The Labute approximate surface area is 188 Å². The monoisotopic (exact) mass is 428 g/mol. The Kier molecular flexibility index (Phi) is 5.32. The summed E-state index contributed by atoms with van der Waals surface area (Å²) in [6.45, 7) is 4.87. The second-order valence-corrected chi connectivity index (χ2v) is 8.78. The number of nitrogens with one attached hydrogen (secondary N) is 1. The molecule has 164 valence electrons. The van der Waals surface area contributed by atoms with Crippen molar-refractivity contribution >= 4 is 22.6 Å². The predicted molar refractivity (Wildman–Crippen MR) is 125 cm³/mol. The summed E-state index contributed by atoms with van der Waals surface area (Å²) >= 11 is 0. The van der Waals surface area contributed by atoms with Crippen LogP contribution in [0.5, 0.6) is 0 Å². The van der Waals surface area contributed by atoms with E-state index in [1.54, 1.807) is 6.92 Å². The average Bonchev–Trinajstić information content (AvgIpc) is 3.16. The van der Waals surface area contributed by atoms with E-state index in [0.717, 1.165) is 61.3 Å². The number of rotatable bonds is 4. The van der Waals surface area contributed by atoms with Crippen LogP contribution < -0.4 is 10.2 Å². The predicted octanol–water partition coefficient (Wildman–Crippen LogP) is 3.17. The van der Waals surface area contributed by atoms with E-state index < -0.39 is 0 Å². The number of benzene rings is 1. The number of anilines is 1. The number of aromatic nitrogens is 2. The Bertz CT molecular complexity index is 1180. The van der Waals surface area contributed by atoms with Gasteiger partial charge in [-0.15, -0.1) is 0 Å². The summed E-state index contributed by atoms with van der Waals surface area (Å²) < 4.78 is 2.19. The second-order valence-electron chi connectivity index (χ2n) is 8.78. The molecule has 1 aliphatic heterocycles. The first kappa shape index (κ1) is 20.5. The minimum Gasteiger partial charge on any atom is -0.368 e. The third-order valence-electron chi connectivity index (χ3n) is 6.97. The van der Waals surface area contributed by atoms with Gasteiger partial charge in [-0.05, 0) is 44.2 Å². The quantitative estimate of drug-likeness (QED) is 0.691. The highest BCUT2D eigenvalue weighted by molar-refractivity contribution is 5.86. The van der Waals surface area contributed by atoms with Crippen LogP contribution in [0.4, 0.5) is 5.69 Å².